The SMILES string of the molecule is Brc1nccc2c1ccn2CCC1CC1. The molecule has 3 rings (SSSR count). The summed E-state index contributed by atoms with van der Waals surface area (Å²) >= 11 is 3.48. The minimum atomic E-state index is 0.949. The van der Waals surface area contributed by atoms with Crippen LogP contribution in [-0.2, 0) is 6.54 Å². The van der Waals surface area contributed by atoms with Gasteiger partial charge >= 0.3 is 0 Å². The molecule has 1 aliphatic carbocycles. The zero-order valence-corrected chi connectivity index (χ0v) is 10.1. The lowest BCUT2D eigenvalue weighted by Gasteiger charge is -2.04. The molecule has 0 aliphatic heterocycles. The van der Waals surface area contributed by atoms with Gasteiger partial charge in [-0.1, -0.05) is 12.8 Å². The summed E-state index contributed by atoms with van der Waals surface area (Å²) in [6.45, 7) is 1.14. The van der Waals surface area contributed by atoms with Gasteiger partial charge in [0.05, 0.1) is 5.52 Å². The normalized spacial score (nSPS) is 16.1. The second kappa shape index (κ2) is 3.63. The quantitative estimate of drug-likeness (QED) is 0.775. The molecule has 2 aromatic rings. The first-order valence-corrected chi connectivity index (χ1v) is 6.23. The second-order valence-corrected chi connectivity index (χ2v) is 5.03. The summed E-state index contributed by atoms with van der Waals surface area (Å²) in [5, 5.41) is 1.22. The van der Waals surface area contributed by atoms with Crippen LogP contribution in [0.3, 0.4) is 0 Å². The Morgan fingerprint density at radius 3 is 3.07 bits per heavy atom. The first kappa shape index (κ1) is 9.40. The Morgan fingerprint density at radius 2 is 2.27 bits per heavy atom. The van der Waals surface area contributed by atoms with Crippen LogP contribution in [0.2, 0.25) is 0 Å². The standard InChI is InChI=1S/C12H13BrN2/c13-12-10-5-8-15(7-4-9-1-2-9)11(10)3-6-14-12/h3,5-6,8-9H,1-2,4,7H2. The Bertz CT molecular complexity index is 485. The molecule has 78 valence electrons. The lowest BCUT2D eigenvalue weighted by molar-refractivity contribution is 0.611. The van der Waals surface area contributed by atoms with Gasteiger partial charge in [0.1, 0.15) is 4.60 Å². The fourth-order valence-corrected chi connectivity index (χ4v) is 2.46. The molecule has 0 saturated heterocycles. The Balaban J connectivity index is 1.92. The highest BCUT2D eigenvalue weighted by atomic mass is 79.9. The largest absolute Gasteiger partial charge is 0.347 e. The first-order valence-electron chi connectivity index (χ1n) is 5.44. The van der Waals surface area contributed by atoms with Crippen molar-refractivity contribution in [2.24, 2.45) is 5.92 Å². The van der Waals surface area contributed by atoms with Gasteiger partial charge in [-0.2, -0.15) is 0 Å². The fourth-order valence-electron chi connectivity index (χ4n) is 2.01. The summed E-state index contributed by atoms with van der Waals surface area (Å²) in [5.41, 5.74) is 1.29. The Hall–Kier alpha value is -0.830. The fraction of sp³-hybridized carbons (Fsp3) is 0.417. The van der Waals surface area contributed by atoms with E-state index in [0.29, 0.717) is 0 Å². The van der Waals surface area contributed by atoms with Crippen molar-refractivity contribution in [1.82, 2.24) is 9.55 Å². The van der Waals surface area contributed by atoms with Crippen molar-refractivity contribution in [3.63, 3.8) is 0 Å². The monoisotopic (exact) mass is 264 g/mol. The number of pyridine rings is 1. The summed E-state index contributed by atoms with van der Waals surface area (Å²) in [6, 6.07) is 4.23. The minimum Gasteiger partial charge on any atom is -0.347 e. The Kier molecular flexibility index (Phi) is 2.28. The van der Waals surface area contributed by atoms with Crippen LogP contribution in [0.15, 0.2) is 29.1 Å². The molecule has 0 amide bonds. The molecular formula is C12H13BrN2. The van der Waals surface area contributed by atoms with Crippen molar-refractivity contribution in [1.29, 1.82) is 0 Å². The minimum absolute atomic E-state index is 0.949. The lowest BCUT2D eigenvalue weighted by Crippen LogP contribution is -1.96. The molecule has 2 nitrogen and oxygen atoms in total. The van der Waals surface area contributed by atoms with E-state index >= 15 is 0 Å². The number of fused-ring (bicyclic) bond motifs is 1. The van der Waals surface area contributed by atoms with Gasteiger partial charge in [0, 0.05) is 24.3 Å². The van der Waals surface area contributed by atoms with E-state index in [4.69, 9.17) is 0 Å². The molecule has 3 heteroatoms. The van der Waals surface area contributed by atoms with Crippen LogP contribution in [0.5, 0.6) is 0 Å². The van der Waals surface area contributed by atoms with E-state index < -0.39 is 0 Å². The van der Waals surface area contributed by atoms with Crippen LogP contribution in [-0.4, -0.2) is 9.55 Å². The smallest absolute Gasteiger partial charge is 0.115 e. The van der Waals surface area contributed by atoms with E-state index in [1.165, 1.54) is 30.2 Å². The van der Waals surface area contributed by atoms with Crippen molar-refractivity contribution < 1.29 is 0 Å². The van der Waals surface area contributed by atoms with E-state index in [9.17, 15) is 0 Å². The molecule has 2 aromatic heterocycles. The molecule has 0 atom stereocenters. The summed E-state index contributed by atoms with van der Waals surface area (Å²) in [7, 11) is 0. The molecule has 15 heavy (non-hydrogen) atoms. The van der Waals surface area contributed by atoms with Crippen LogP contribution in [0.1, 0.15) is 19.3 Å². The molecule has 2 heterocycles. The summed E-state index contributed by atoms with van der Waals surface area (Å²) in [5.74, 6) is 0.993. The van der Waals surface area contributed by atoms with Crippen LogP contribution in [0.4, 0.5) is 0 Å². The van der Waals surface area contributed by atoms with Gasteiger partial charge in [0.2, 0.25) is 0 Å². The van der Waals surface area contributed by atoms with Gasteiger partial charge in [0.25, 0.3) is 0 Å². The molecule has 1 fully saturated rings. The molecule has 0 N–H and O–H groups in total. The number of rotatable bonds is 3. The molecule has 1 aliphatic rings. The van der Waals surface area contributed by atoms with Gasteiger partial charge < -0.3 is 4.57 Å². The number of hydrogen-bond acceptors (Lipinski definition) is 1. The molecule has 0 radical (unpaired) electrons. The molecule has 1 saturated carbocycles. The van der Waals surface area contributed by atoms with Crippen LogP contribution < -0.4 is 0 Å². The predicted molar refractivity (Wildman–Crippen MR) is 64.8 cm³/mol. The van der Waals surface area contributed by atoms with Crippen molar-refractivity contribution in [3.8, 4) is 0 Å². The molecule has 0 aromatic carbocycles. The maximum atomic E-state index is 4.23. The van der Waals surface area contributed by atoms with E-state index in [1.54, 1.807) is 0 Å². The Labute approximate surface area is 97.4 Å². The number of halogens is 1. The zero-order valence-electron chi connectivity index (χ0n) is 8.49. The van der Waals surface area contributed by atoms with Crippen molar-refractivity contribution in [2.75, 3.05) is 0 Å². The van der Waals surface area contributed by atoms with Crippen LogP contribution in [0.25, 0.3) is 10.9 Å². The van der Waals surface area contributed by atoms with Gasteiger partial charge in [-0.15, -0.1) is 0 Å². The second-order valence-electron chi connectivity index (χ2n) is 4.28. The van der Waals surface area contributed by atoms with Gasteiger partial charge in [-0.05, 0) is 40.4 Å². The molecule has 0 bridgehead atoms. The number of hydrogen-bond donors (Lipinski definition) is 0. The van der Waals surface area contributed by atoms with Crippen molar-refractivity contribution in [2.45, 2.75) is 25.8 Å². The highest BCUT2D eigenvalue weighted by Gasteiger charge is 2.20. The van der Waals surface area contributed by atoms with Gasteiger partial charge in [-0.3, -0.25) is 0 Å². The summed E-state index contributed by atoms with van der Waals surface area (Å²) < 4.78 is 3.28. The van der Waals surface area contributed by atoms with Gasteiger partial charge in [0.15, 0.2) is 0 Å². The lowest BCUT2D eigenvalue weighted by atomic mass is 10.3. The zero-order chi connectivity index (χ0) is 10.3. The third-order valence-corrected chi connectivity index (χ3v) is 3.76. The van der Waals surface area contributed by atoms with Crippen molar-refractivity contribution in [3.05, 3.63) is 29.1 Å². The highest BCUT2D eigenvalue weighted by Crippen LogP contribution is 2.33. The topological polar surface area (TPSA) is 17.8 Å². The summed E-state index contributed by atoms with van der Waals surface area (Å²) in [4.78, 5) is 4.23. The third kappa shape index (κ3) is 1.81. The van der Waals surface area contributed by atoms with E-state index in [1.807, 2.05) is 6.20 Å². The highest BCUT2D eigenvalue weighted by molar-refractivity contribution is 9.10. The average Bonchev–Trinajstić information content (AvgIpc) is 2.97. The predicted octanol–water partition coefficient (Wildman–Crippen LogP) is 3.60. The van der Waals surface area contributed by atoms with Crippen LogP contribution in [0, 0.1) is 5.92 Å². The first-order chi connectivity index (χ1) is 7.34. The van der Waals surface area contributed by atoms with E-state index in [-0.39, 0.29) is 0 Å². The molecule has 0 unspecified atom stereocenters. The molecular weight excluding hydrogens is 252 g/mol. The average molecular weight is 265 g/mol. The molecule has 0 spiro atoms. The maximum Gasteiger partial charge on any atom is 0.115 e. The number of nitrogens with zero attached hydrogens (tertiary/aromatic N) is 2. The summed E-state index contributed by atoms with van der Waals surface area (Å²) in [6.07, 6.45) is 8.22. The van der Waals surface area contributed by atoms with E-state index in [0.717, 1.165) is 17.1 Å². The van der Waals surface area contributed by atoms with Gasteiger partial charge in [-0.25, -0.2) is 4.98 Å². The van der Waals surface area contributed by atoms with Crippen LogP contribution >= 0.6 is 15.9 Å². The maximum absolute atomic E-state index is 4.23. The number of aromatic nitrogens is 2. The van der Waals surface area contributed by atoms with E-state index in [2.05, 4.69) is 43.8 Å². The number of aryl methyl sites for hydroxylation is 1. The third-order valence-electron chi connectivity index (χ3n) is 3.12. The van der Waals surface area contributed by atoms with Crippen molar-refractivity contribution >= 4 is 26.8 Å². The Morgan fingerprint density at radius 1 is 1.40 bits per heavy atom.